The van der Waals surface area contributed by atoms with E-state index < -0.39 is 16.0 Å². The molecule has 3 aromatic carbocycles. The van der Waals surface area contributed by atoms with Gasteiger partial charge in [-0.2, -0.15) is 0 Å². The number of rotatable bonds is 9. The molecule has 0 unspecified atom stereocenters. The molecule has 10 heteroatoms. The average Bonchev–Trinajstić information content (AvgIpc) is 2.80. The summed E-state index contributed by atoms with van der Waals surface area (Å²) in [6.07, 6.45) is 0. The third kappa shape index (κ3) is 5.66. The number of hydrogen-bond acceptors (Lipinski definition) is 8. The first-order chi connectivity index (χ1) is 15.8. The van der Waals surface area contributed by atoms with E-state index in [2.05, 4.69) is 15.2 Å². The molecule has 2 N–H and O–H groups in total. The van der Waals surface area contributed by atoms with E-state index in [1.807, 2.05) is 13.8 Å². The lowest BCUT2D eigenvalue weighted by Crippen LogP contribution is -2.16. The van der Waals surface area contributed by atoms with Gasteiger partial charge in [-0.25, -0.2) is 13.2 Å². The summed E-state index contributed by atoms with van der Waals surface area (Å²) in [5.41, 5.74) is 1.67. The fourth-order valence-corrected chi connectivity index (χ4v) is 4.08. The van der Waals surface area contributed by atoms with E-state index in [4.69, 9.17) is 9.47 Å². The lowest BCUT2D eigenvalue weighted by molar-refractivity contribution is 0.0601. The second kappa shape index (κ2) is 10.1. The number of nitrogens with zero attached hydrogens (tertiary/aromatic N) is 1. The zero-order valence-electron chi connectivity index (χ0n) is 18.3. The number of ether oxygens (including phenoxy) is 2. The van der Waals surface area contributed by atoms with Gasteiger partial charge in [-0.3, -0.25) is 4.72 Å². The fraction of sp³-hybridized carbons (Fsp3) is 0.174. The number of nitroso groups, excluding NO2 is 1. The lowest BCUT2D eigenvalue weighted by atomic mass is 10.1. The smallest absolute Gasteiger partial charge is 0.340 e. The van der Waals surface area contributed by atoms with Crippen LogP contribution in [0.3, 0.4) is 0 Å². The first kappa shape index (κ1) is 23.7. The zero-order chi connectivity index (χ0) is 24.0. The van der Waals surface area contributed by atoms with Crippen LogP contribution in [0.4, 0.5) is 17.1 Å². The first-order valence-electron chi connectivity index (χ1n) is 9.98. The van der Waals surface area contributed by atoms with Crippen LogP contribution < -0.4 is 14.8 Å². The molecule has 172 valence electrons. The average molecular weight is 470 g/mol. The van der Waals surface area contributed by atoms with Crippen molar-refractivity contribution in [2.24, 2.45) is 5.18 Å². The van der Waals surface area contributed by atoms with Gasteiger partial charge >= 0.3 is 5.97 Å². The van der Waals surface area contributed by atoms with Gasteiger partial charge in [-0.1, -0.05) is 17.7 Å². The molecule has 0 aliphatic heterocycles. The maximum atomic E-state index is 12.8. The van der Waals surface area contributed by atoms with Crippen LogP contribution in [0.25, 0.3) is 0 Å². The quantitative estimate of drug-likeness (QED) is 0.326. The summed E-state index contributed by atoms with van der Waals surface area (Å²) in [6.45, 7) is 4.30. The Morgan fingerprint density at radius 1 is 0.970 bits per heavy atom. The largest absolute Gasteiger partial charge is 0.465 e. The molecule has 0 aliphatic rings. The Hall–Kier alpha value is -3.92. The van der Waals surface area contributed by atoms with Gasteiger partial charge in [0, 0.05) is 12.6 Å². The third-order valence-corrected chi connectivity index (χ3v) is 6.02. The van der Waals surface area contributed by atoms with Gasteiger partial charge in [0.05, 0.1) is 28.9 Å². The molecule has 0 saturated carbocycles. The van der Waals surface area contributed by atoms with Crippen molar-refractivity contribution in [1.29, 1.82) is 0 Å². The zero-order valence-corrected chi connectivity index (χ0v) is 19.1. The molecule has 0 fully saturated rings. The number of methoxy groups -OCH3 is 1. The highest BCUT2D eigenvalue weighted by Gasteiger charge is 2.20. The molecular weight excluding hydrogens is 446 g/mol. The monoisotopic (exact) mass is 469 g/mol. The molecule has 3 rings (SSSR count). The van der Waals surface area contributed by atoms with Crippen LogP contribution in [0.5, 0.6) is 11.5 Å². The molecule has 0 atom stereocenters. The minimum absolute atomic E-state index is 0.0243. The number of nitrogens with one attached hydrogen (secondary N) is 2. The van der Waals surface area contributed by atoms with Crippen molar-refractivity contribution in [2.75, 3.05) is 23.7 Å². The standard InChI is InChI=1S/C23H23N3O6S/c1-4-24-22-14-17(8-12-21(22)25-28)32-16-7-11-20(19(13-16)23(27)31-3)26-33(29,30)18-9-5-15(2)6-10-18/h5-14,24,26H,4H2,1-3H3. The maximum Gasteiger partial charge on any atom is 0.340 e. The molecule has 9 nitrogen and oxygen atoms in total. The Morgan fingerprint density at radius 2 is 1.64 bits per heavy atom. The number of sulfonamides is 1. The van der Waals surface area contributed by atoms with Crippen molar-refractivity contribution >= 4 is 33.1 Å². The number of carbonyl (C=O) groups excluding carboxylic acids is 1. The van der Waals surface area contributed by atoms with E-state index in [-0.39, 0.29) is 27.6 Å². The molecule has 0 radical (unpaired) electrons. The Kier molecular flexibility index (Phi) is 7.29. The topological polar surface area (TPSA) is 123 Å². The van der Waals surface area contributed by atoms with Crippen LogP contribution in [0.2, 0.25) is 0 Å². The second-order valence-corrected chi connectivity index (χ2v) is 8.70. The first-order valence-corrected chi connectivity index (χ1v) is 11.5. The number of aryl methyl sites for hydroxylation is 1. The summed E-state index contributed by atoms with van der Waals surface area (Å²) in [7, 11) is -2.74. The van der Waals surface area contributed by atoms with Gasteiger partial charge in [-0.05, 0) is 61.5 Å². The Labute approximate surface area is 191 Å². The van der Waals surface area contributed by atoms with Crippen molar-refractivity contribution in [3.8, 4) is 11.5 Å². The summed E-state index contributed by atoms with van der Waals surface area (Å²) in [5, 5.41) is 5.99. The molecule has 0 amide bonds. The molecule has 0 saturated heterocycles. The highest BCUT2D eigenvalue weighted by Crippen LogP contribution is 2.33. The summed E-state index contributed by atoms with van der Waals surface area (Å²) < 4.78 is 38.6. The molecule has 0 aliphatic carbocycles. The van der Waals surface area contributed by atoms with Crippen LogP contribution in [-0.4, -0.2) is 28.0 Å². The highest BCUT2D eigenvalue weighted by atomic mass is 32.2. The molecule has 3 aromatic rings. The number of benzene rings is 3. The lowest BCUT2D eigenvalue weighted by Gasteiger charge is -2.14. The van der Waals surface area contributed by atoms with Crippen LogP contribution in [0.1, 0.15) is 22.8 Å². The summed E-state index contributed by atoms with van der Waals surface area (Å²) in [6, 6.07) is 15.3. The van der Waals surface area contributed by atoms with Crippen LogP contribution >= 0.6 is 0 Å². The molecule has 0 bridgehead atoms. The minimum atomic E-state index is -3.93. The van der Waals surface area contributed by atoms with Crippen molar-refractivity contribution in [1.82, 2.24) is 0 Å². The predicted molar refractivity (Wildman–Crippen MR) is 126 cm³/mol. The van der Waals surface area contributed by atoms with Gasteiger partial charge in [0.25, 0.3) is 10.0 Å². The fourth-order valence-electron chi connectivity index (χ4n) is 3.00. The molecule has 0 aromatic heterocycles. The van der Waals surface area contributed by atoms with E-state index in [9.17, 15) is 18.1 Å². The van der Waals surface area contributed by atoms with Crippen molar-refractivity contribution in [3.05, 3.63) is 76.7 Å². The van der Waals surface area contributed by atoms with Crippen LogP contribution in [0.15, 0.2) is 70.7 Å². The Morgan fingerprint density at radius 3 is 2.27 bits per heavy atom. The van der Waals surface area contributed by atoms with Crippen molar-refractivity contribution in [3.63, 3.8) is 0 Å². The van der Waals surface area contributed by atoms with E-state index >= 15 is 0 Å². The number of carbonyl (C=O) groups is 1. The van der Waals surface area contributed by atoms with Crippen molar-refractivity contribution < 1.29 is 22.7 Å². The number of esters is 1. The second-order valence-electron chi connectivity index (χ2n) is 7.02. The third-order valence-electron chi connectivity index (χ3n) is 4.64. The van der Waals surface area contributed by atoms with Crippen molar-refractivity contribution in [2.45, 2.75) is 18.7 Å². The molecular formula is C23H23N3O6S. The SMILES string of the molecule is CCNc1cc(Oc2ccc(NS(=O)(=O)c3ccc(C)cc3)c(C(=O)OC)c2)ccc1N=O. The van der Waals surface area contributed by atoms with E-state index in [1.165, 1.54) is 43.5 Å². The predicted octanol–water partition coefficient (Wildman–Crippen LogP) is 5.20. The number of anilines is 2. The summed E-state index contributed by atoms with van der Waals surface area (Å²) in [4.78, 5) is 23.4. The molecule has 0 spiro atoms. The maximum absolute atomic E-state index is 12.8. The molecule has 33 heavy (non-hydrogen) atoms. The Balaban J connectivity index is 1.93. The normalized spacial score (nSPS) is 10.9. The van der Waals surface area contributed by atoms with Gasteiger partial charge in [0.1, 0.15) is 17.2 Å². The van der Waals surface area contributed by atoms with Crippen LogP contribution in [-0.2, 0) is 14.8 Å². The van der Waals surface area contributed by atoms with Gasteiger partial charge in [0.2, 0.25) is 0 Å². The Bertz CT molecular complexity index is 1270. The summed E-state index contributed by atoms with van der Waals surface area (Å²) in [5.74, 6) is -0.0824. The minimum Gasteiger partial charge on any atom is -0.465 e. The van der Waals surface area contributed by atoms with Gasteiger partial charge < -0.3 is 14.8 Å². The van der Waals surface area contributed by atoms with E-state index in [1.54, 1.807) is 24.3 Å². The van der Waals surface area contributed by atoms with Gasteiger partial charge in [0.15, 0.2) is 0 Å². The van der Waals surface area contributed by atoms with Crippen LogP contribution in [0, 0.1) is 11.8 Å². The number of hydrogen-bond donors (Lipinski definition) is 2. The van der Waals surface area contributed by atoms with E-state index in [0.717, 1.165) is 5.56 Å². The molecule has 0 heterocycles. The summed E-state index contributed by atoms with van der Waals surface area (Å²) >= 11 is 0. The van der Waals surface area contributed by atoms with Gasteiger partial charge in [-0.15, -0.1) is 4.91 Å². The highest BCUT2D eigenvalue weighted by molar-refractivity contribution is 7.92. The van der Waals surface area contributed by atoms with E-state index in [0.29, 0.717) is 18.0 Å².